The van der Waals surface area contributed by atoms with Crippen LogP contribution in [0.1, 0.15) is 23.2 Å². The summed E-state index contributed by atoms with van der Waals surface area (Å²) in [6.07, 6.45) is 1.05. The molecule has 0 bridgehead atoms. The number of nitrogens with one attached hydrogen (secondary N) is 2. The van der Waals surface area contributed by atoms with Crippen LogP contribution in [0.15, 0.2) is 77.6 Å². The van der Waals surface area contributed by atoms with E-state index in [0.717, 1.165) is 12.0 Å². The Morgan fingerprint density at radius 1 is 0.946 bits per heavy atom. The van der Waals surface area contributed by atoms with Crippen molar-refractivity contribution in [2.24, 2.45) is 0 Å². The lowest BCUT2D eigenvalue weighted by Gasteiger charge is -2.12. The van der Waals surface area contributed by atoms with Gasteiger partial charge in [0.15, 0.2) is 17.3 Å². The van der Waals surface area contributed by atoms with Crippen LogP contribution in [0.3, 0.4) is 0 Å². The molecule has 1 amide bonds. The fourth-order valence-electron chi connectivity index (χ4n) is 3.69. The number of benzene rings is 3. The summed E-state index contributed by atoms with van der Waals surface area (Å²) in [5.74, 6) is 0.655. The number of amides is 1. The molecule has 37 heavy (non-hydrogen) atoms. The standard InChI is InChI=1S/C28H27FN4O4/c1-36-25-17-21(10-12-24(25)37-18-20-8-5-9-22(29)16-20)27-31-28(35)23(32-33-27)11-13-26(34)30-15-14-19-6-3-2-4-7-19/h2-10,12,16-17H,11,13-15,18H2,1H3,(H,30,34)(H,31,33,35). The number of rotatable bonds is 11. The summed E-state index contributed by atoms with van der Waals surface area (Å²) in [6.45, 7) is 0.687. The van der Waals surface area contributed by atoms with E-state index in [9.17, 15) is 14.0 Å². The molecule has 0 radical (unpaired) electrons. The van der Waals surface area contributed by atoms with Crippen molar-refractivity contribution < 1.29 is 18.7 Å². The molecule has 8 nitrogen and oxygen atoms in total. The normalized spacial score (nSPS) is 10.6. The molecule has 3 aromatic carbocycles. The molecule has 4 aromatic rings. The van der Waals surface area contributed by atoms with E-state index in [1.165, 1.54) is 19.2 Å². The summed E-state index contributed by atoms with van der Waals surface area (Å²) >= 11 is 0. The smallest absolute Gasteiger partial charge is 0.273 e. The van der Waals surface area contributed by atoms with Crippen molar-refractivity contribution in [1.82, 2.24) is 20.5 Å². The maximum atomic E-state index is 13.4. The Morgan fingerprint density at radius 2 is 1.76 bits per heavy atom. The van der Waals surface area contributed by atoms with Crippen LogP contribution < -0.4 is 20.3 Å². The summed E-state index contributed by atoms with van der Waals surface area (Å²) in [5, 5.41) is 11.0. The van der Waals surface area contributed by atoms with E-state index in [2.05, 4.69) is 20.5 Å². The second-order valence-electron chi connectivity index (χ2n) is 8.32. The molecule has 0 atom stereocenters. The molecule has 1 aromatic heterocycles. The molecule has 0 aliphatic carbocycles. The molecule has 0 spiro atoms. The fraction of sp³-hybridized carbons (Fsp3) is 0.214. The van der Waals surface area contributed by atoms with Crippen LogP contribution in [0.4, 0.5) is 4.39 Å². The SMILES string of the molecule is COc1cc(-c2nnc(CCC(=O)NCCc3ccccc3)c(=O)[nH]2)ccc1OCc1cccc(F)c1. The Balaban J connectivity index is 1.34. The number of methoxy groups -OCH3 is 1. The van der Waals surface area contributed by atoms with Gasteiger partial charge in [-0.1, -0.05) is 42.5 Å². The van der Waals surface area contributed by atoms with Gasteiger partial charge in [0.1, 0.15) is 18.1 Å². The van der Waals surface area contributed by atoms with E-state index in [0.29, 0.717) is 29.2 Å². The first-order valence-corrected chi connectivity index (χ1v) is 11.8. The number of H-pyrrole nitrogens is 1. The van der Waals surface area contributed by atoms with E-state index >= 15 is 0 Å². The average Bonchev–Trinajstić information content (AvgIpc) is 2.92. The molecule has 1 heterocycles. The van der Waals surface area contributed by atoms with Crippen LogP contribution >= 0.6 is 0 Å². The predicted octanol–water partition coefficient (Wildman–Crippen LogP) is 3.85. The maximum Gasteiger partial charge on any atom is 0.273 e. The van der Waals surface area contributed by atoms with Gasteiger partial charge in [-0.3, -0.25) is 9.59 Å². The Labute approximate surface area is 213 Å². The number of aryl methyl sites for hydroxylation is 1. The summed E-state index contributed by atoms with van der Waals surface area (Å²) in [5.41, 5.74) is 2.17. The van der Waals surface area contributed by atoms with Gasteiger partial charge in [-0.15, -0.1) is 10.2 Å². The first-order valence-electron chi connectivity index (χ1n) is 11.8. The van der Waals surface area contributed by atoms with Crippen LogP contribution in [0.25, 0.3) is 11.4 Å². The average molecular weight is 503 g/mol. The van der Waals surface area contributed by atoms with Gasteiger partial charge in [0.2, 0.25) is 5.91 Å². The van der Waals surface area contributed by atoms with Gasteiger partial charge in [0.25, 0.3) is 5.56 Å². The highest BCUT2D eigenvalue weighted by molar-refractivity contribution is 5.76. The van der Waals surface area contributed by atoms with Crippen LogP contribution in [0, 0.1) is 5.82 Å². The summed E-state index contributed by atoms with van der Waals surface area (Å²) in [6, 6.07) is 21.1. The topological polar surface area (TPSA) is 106 Å². The molecule has 0 aliphatic rings. The highest BCUT2D eigenvalue weighted by Gasteiger charge is 2.12. The third-order valence-electron chi connectivity index (χ3n) is 5.65. The van der Waals surface area contributed by atoms with Crippen molar-refractivity contribution in [3.05, 3.63) is 106 Å². The van der Waals surface area contributed by atoms with E-state index in [-0.39, 0.29) is 42.7 Å². The third-order valence-corrected chi connectivity index (χ3v) is 5.65. The van der Waals surface area contributed by atoms with Crippen LogP contribution in [0.5, 0.6) is 11.5 Å². The molecular formula is C28H27FN4O4. The fourth-order valence-corrected chi connectivity index (χ4v) is 3.69. The van der Waals surface area contributed by atoms with Gasteiger partial charge < -0.3 is 19.8 Å². The molecule has 0 saturated heterocycles. The van der Waals surface area contributed by atoms with Crippen molar-refractivity contribution in [3.8, 4) is 22.9 Å². The van der Waals surface area contributed by atoms with Gasteiger partial charge in [-0.25, -0.2) is 4.39 Å². The first kappa shape index (κ1) is 25.6. The Morgan fingerprint density at radius 3 is 2.51 bits per heavy atom. The number of aromatic nitrogens is 3. The quantitative estimate of drug-likeness (QED) is 0.323. The monoisotopic (exact) mass is 502 g/mol. The van der Waals surface area contributed by atoms with Crippen molar-refractivity contribution in [3.63, 3.8) is 0 Å². The Hall–Kier alpha value is -4.53. The zero-order chi connectivity index (χ0) is 26.0. The summed E-state index contributed by atoms with van der Waals surface area (Å²) in [4.78, 5) is 27.4. The minimum absolute atomic E-state index is 0.136. The van der Waals surface area contributed by atoms with E-state index in [1.54, 1.807) is 30.3 Å². The van der Waals surface area contributed by atoms with E-state index < -0.39 is 5.56 Å². The van der Waals surface area contributed by atoms with Gasteiger partial charge in [-0.2, -0.15) is 0 Å². The third kappa shape index (κ3) is 7.23. The molecule has 0 unspecified atom stereocenters. The molecule has 0 aliphatic heterocycles. The number of halogens is 1. The summed E-state index contributed by atoms with van der Waals surface area (Å²) in [7, 11) is 1.50. The number of nitrogens with zero attached hydrogens (tertiary/aromatic N) is 2. The second kappa shape index (κ2) is 12.4. The molecule has 2 N–H and O–H groups in total. The molecule has 9 heteroatoms. The zero-order valence-corrected chi connectivity index (χ0v) is 20.4. The van der Waals surface area contributed by atoms with E-state index in [4.69, 9.17) is 9.47 Å². The number of ether oxygens (including phenoxy) is 2. The number of aromatic amines is 1. The maximum absolute atomic E-state index is 13.4. The van der Waals surface area contributed by atoms with Crippen molar-refractivity contribution in [1.29, 1.82) is 0 Å². The number of hydrogen-bond donors (Lipinski definition) is 2. The minimum Gasteiger partial charge on any atom is -0.493 e. The molecule has 190 valence electrons. The van der Waals surface area contributed by atoms with Crippen LogP contribution in [0.2, 0.25) is 0 Å². The first-order chi connectivity index (χ1) is 18.0. The Bertz CT molecular complexity index is 1410. The van der Waals surface area contributed by atoms with Gasteiger partial charge >= 0.3 is 0 Å². The highest BCUT2D eigenvalue weighted by atomic mass is 19.1. The predicted molar refractivity (Wildman–Crippen MR) is 137 cm³/mol. The van der Waals surface area contributed by atoms with Gasteiger partial charge in [0.05, 0.1) is 7.11 Å². The van der Waals surface area contributed by atoms with Crippen molar-refractivity contribution in [2.45, 2.75) is 25.9 Å². The van der Waals surface area contributed by atoms with Crippen LogP contribution in [-0.2, 0) is 24.2 Å². The molecule has 0 fully saturated rings. The van der Waals surface area contributed by atoms with Crippen LogP contribution in [-0.4, -0.2) is 34.7 Å². The number of carbonyl (C=O) groups is 1. The second-order valence-corrected chi connectivity index (χ2v) is 8.32. The Kier molecular flexibility index (Phi) is 8.59. The van der Waals surface area contributed by atoms with Crippen molar-refractivity contribution >= 4 is 5.91 Å². The minimum atomic E-state index is -0.410. The van der Waals surface area contributed by atoms with Gasteiger partial charge in [-0.05, 0) is 47.9 Å². The van der Waals surface area contributed by atoms with Gasteiger partial charge in [0, 0.05) is 24.9 Å². The number of carbonyl (C=O) groups excluding carboxylic acids is 1. The number of hydrogen-bond acceptors (Lipinski definition) is 6. The lowest BCUT2D eigenvalue weighted by atomic mass is 10.1. The highest BCUT2D eigenvalue weighted by Crippen LogP contribution is 2.31. The lowest BCUT2D eigenvalue weighted by molar-refractivity contribution is -0.121. The molecule has 0 saturated carbocycles. The van der Waals surface area contributed by atoms with Crippen molar-refractivity contribution in [2.75, 3.05) is 13.7 Å². The lowest BCUT2D eigenvalue weighted by Crippen LogP contribution is -2.27. The molecule has 4 rings (SSSR count). The van der Waals surface area contributed by atoms with E-state index in [1.807, 2.05) is 30.3 Å². The summed E-state index contributed by atoms with van der Waals surface area (Å²) < 4.78 is 24.6. The zero-order valence-electron chi connectivity index (χ0n) is 20.4. The largest absolute Gasteiger partial charge is 0.493 e. The molecular weight excluding hydrogens is 475 g/mol.